The first-order valence-corrected chi connectivity index (χ1v) is 6.22. The van der Waals surface area contributed by atoms with E-state index in [1.165, 1.54) is 19.3 Å². The van der Waals surface area contributed by atoms with E-state index in [-0.39, 0.29) is 0 Å². The van der Waals surface area contributed by atoms with Gasteiger partial charge in [-0.25, -0.2) is 0 Å². The zero-order valence-corrected chi connectivity index (χ0v) is 10.4. The van der Waals surface area contributed by atoms with Crippen LogP contribution in [0.3, 0.4) is 0 Å². The smallest absolute Gasteiger partial charge is 0.0782 e. The Hall–Kier alpha value is -0.960. The van der Waals surface area contributed by atoms with Crippen molar-refractivity contribution in [1.29, 1.82) is 0 Å². The Morgan fingerprint density at radius 1 is 1.25 bits per heavy atom. The first-order chi connectivity index (χ1) is 7.68. The van der Waals surface area contributed by atoms with E-state index in [0.29, 0.717) is 12.1 Å². The highest BCUT2D eigenvalue weighted by Gasteiger charge is 2.25. The van der Waals surface area contributed by atoms with Gasteiger partial charge in [0, 0.05) is 24.5 Å². The van der Waals surface area contributed by atoms with Crippen LogP contribution in [0.25, 0.3) is 0 Å². The monoisotopic (exact) mass is 219 g/mol. The summed E-state index contributed by atoms with van der Waals surface area (Å²) in [5, 5.41) is 3.64. The largest absolute Gasteiger partial charge is 0.306 e. The molecule has 1 saturated carbocycles. The molecule has 16 heavy (non-hydrogen) atoms. The second kappa shape index (κ2) is 4.91. The molecule has 0 bridgehead atoms. The lowest BCUT2D eigenvalue weighted by Gasteiger charge is -2.33. The molecule has 0 aromatic carbocycles. The van der Waals surface area contributed by atoms with Gasteiger partial charge in [-0.3, -0.25) is 9.97 Å². The van der Waals surface area contributed by atoms with Crippen molar-refractivity contribution >= 4 is 0 Å². The number of nitrogens with zero attached hydrogens (tertiary/aromatic N) is 2. The zero-order chi connectivity index (χ0) is 11.5. The molecule has 2 unspecified atom stereocenters. The van der Waals surface area contributed by atoms with Gasteiger partial charge in [-0.2, -0.15) is 0 Å². The summed E-state index contributed by atoms with van der Waals surface area (Å²) in [7, 11) is 0. The summed E-state index contributed by atoms with van der Waals surface area (Å²) in [5.74, 6) is 0.861. The topological polar surface area (TPSA) is 37.8 Å². The van der Waals surface area contributed by atoms with Crippen LogP contribution in [-0.2, 0) is 0 Å². The highest BCUT2D eigenvalue weighted by molar-refractivity contribution is 5.12. The SMILES string of the molecule is Cc1nccnc1C(C)NC(C)C1CCC1. The van der Waals surface area contributed by atoms with Gasteiger partial charge < -0.3 is 5.32 Å². The van der Waals surface area contributed by atoms with Crippen LogP contribution in [0.2, 0.25) is 0 Å². The Morgan fingerprint density at radius 3 is 2.50 bits per heavy atom. The summed E-state index contributed by atoms with van der Waals surface area (Å²) >= 11 is 0. The van der Waals surface area contributed by atoms with Crippen LogP contribution in [0.1, 0.15) is 50.5 Å². The van der Waals surface area contributed by atoms with Gasteiger partial charge in [-0.15, -0.1) is 0 Å². The third kappa shape index (κ3) is 2.40. The summed E-state index contributed by atoms with van der Waals surface area (Å²) in [4.78, 5) is 8.69. The molecule has 3 nitrogen and oxygen atoms in total. The predicted octanol–water partition coefficient (Wildman–Crippen LogP) is 2.62. The normalized spacial score (nSPS) is 20.2. The van der Waals surface area contributed by atoms with Crippen molar-refractivity contribution in [1.82, 2.24) is 15.3 Å². The van der Waals surface area contributed by atoms with Crippen molar-refractivity contribution in [2.75, 3.05) is 0 Å². The lowest BCUT2D eigenvalue weighted by Crippen LogP contribution is -2.38. The van der Waals surface area contributed by atoms with Gasteiger partial charge in [0.2, 0.25) is 0 Å². The standard InChI is InChI=1S/C13H21N3/c1-9(12-5-4-6-12)16-11(3)13-10(2)14-7-8-15-13/h7-9,11-12,16H,4-6H2,1-3H3. The summed E-state index contributed by atoms with van der Waals surface area (Å²) in [6.07, 6.45) is 7.67. The molecule has 88 valence electrons. The van der Waals surface area contributed by atoms with E-state index in [1.54, 1.807) is 12.4 Å². The van der Waals surface area contributed by atoms with Gasteiger partial charge in [0.1, 0.15) is 0 Å². The average molecular weight is 219 g/mol. The minimum absolute atomic E-state index is 0.296. The molecule has 1 fully saturated rings. The number of aryl methyl sites for hydroxylation is 1. The van der Waals surface area contributed by atoms with Crippen LogP contribution in [0, 0.1) is 12.8 Å². The lowest BCUT2D eigenvalue weighted by molar-refractivity contribution is 0.228. The average Bonchev–Trinajstić information content (AvgIpc) is 2.15. The van der Waals surface area contributed by atoms with Gasteiger partial charge in [0.05, 0.1) is 11.4 Å². The van der Waals surface area contributed by atoms with E-state index < -0.39 is 0 Å². The fraction of sp³-hybridized carbons (Fsp3) is 0.692. The van der Waals surface area contributed by atoms with E-state index in [9.17, 15) is 0 Å². The molecule has 0 saturated heterocycles. The Balaban J connectivity index is 1.96. The van der Waals surface area contributed by atoms with Gasteiger partial charge >= 0.3 is 0 Å². The lowest BCUT2D eigenvalue weighted by atomic mass is 9.80. The molecule has 2 rings (SSSR count). The van der Waals surface area contributed by atoms with Gasteiger partial charge in [-0.1, -0.05) is 6.42 Å². The molecular weight excluding hydrogens is 198 g/mol. The summed E-state index contributed by atoms with van der Waals surface area (Å²) < 4.78 is 0. The fourth-order valence-electron chi connectivity index (χ4n) is 2.39. The van der Waals surface area contributed by atoms with Crippen molar-refractivity contribution in [2.24, 2.45) is 5.92 Å². The van der Waals surface area contributed by atoms with E-state index in [1.807, 2.05) is 6.92 Å². The second-order valence-electron chi connectivity index (χ2n) is 4.90. The fourth-order valence-corrected chi connectivity index (χ4v) is 2.39. The van der Waals surface area contributed by atoms with Crippen LogP contribution in [0.15, 0.2) is 12.4 Å². The Labute approximate surface area is 97.7 Å². The van der Waals surface area contributed by atoms with Crippen LogP contribution >= 0.6 is 0 Å². The van der Waals surface area contributed by atoms with Gasteiger partial charge in [0.15, 0.2) is 0 Å². The molecule has 0 aliphatic heterocycles. The number of rotatable bonds is 4. The predicted molar refractivity (Wildman–Crippen MR) is 65.1 cm³/mol. The highest BCUT2D eigenvalue weighted by atomic mass is 15.0. The maximum Gasteiger partial charge on any atom is 0.0782 e. The van der Waals surface area contributed by atoms with Crippen LogP contribution in [0.4, 0.5) is 0 Å². The summed E-state index contributed by atoms with van der Waals surface area (Å²) in [6, 6.07) is 0.884. The molecule has 2 atom stereocenters. The van der Waals surface area contributed by atoms with E-state index >= 15 is 0 Å². The van der Waals surface area contributed by atoms with Crippen LogP contribution < -0.4 is 5.32 Å². The minimum Gasteiger partial charge on any atom is -0.306 e. The maximum absolute atomic E-state index is 4.41. The molecule has 1 aliphatic rings. The summed E-state index contributed by atoms with van der Waals surface area (Å²) in [5.41, 5.74) is 2.11. The highest BCUT2D eigenvalue weighted by Crippen LogP contribution is 2.30. The van der Waals surface area contributed by atoms with E-state index in [0.717, 1.165) is 17.3 Å². The minimum atomic E-state index is 0.296. The van der Waals surface area contributed by atoms with Crippen molar-refractivity contribution in [3.8, 4) is 0 Å². The molecule has 1 heterocycles. The first-order valence-electron chi connectivity index (χ1n) is 6.22. The Kier molecular flexibility index (Phi) is 3.54. The van der Waals surface area contributed by atoms with Crippen LogP contribution in [0.5, 0.6) is 0 Å². The van der Waals surface area contributed by atoms with E-state index in [2.05, 4.69) is 29.1 Å². The Bertz CT molecular complexity index is 347. The second-order valence-corrected chi connectivity index (χ2v) is 4.90. The molecule has 1 aliphatic carbocycles. The molecule has 3 heteroatoms. The van der Waals surface area contributed by atoms with Crippen LogP contribution in [-0.4, -0.2) is 16.0 Å². The number of hydrogen-bond acceptors (Lipinski definition) is 3. The van der Waals surface area contributed by atoms with E-state index in [4.69, 9.17) is 0 Å². The zero-order valence-electron chi connectivity index (χ0n) is 10.4. The van der Waals surface area contributed by atoms with Crippen molar-refractivity contribution < 1.29 is 0 Å². The third-order valence-electron chi connectivity index (χ3n) is 3.70. The van der Waals surface area contributed by atoms with Gasteiger partial charge in [0.25, 0.3) is 0 Å². The maximum atomic E-state index is 4.41. The third-order valence-corrected chi connectivity index (χ3v) is 3.70. The molecule has 0 spiro atoms. The van der Waals surface area contributed by atoms with Crippen molar-refractivity contribution in [3.05, 3.63) is 23.8 Å². The number of aromatic nitrogens is 2. The molecule has 1 aromatic rings. The summed E-state index contributed by atoms with van der Waals surface area (Å²) in [6.45, 7) is 6.48. The number of hydrogen-bond donors (Lipinski definition) is 1. The quantitative estimate of drug-likeness (QED) is 0.846. The van der Waals surface area contributed by atoms with Crippen molar-refractivity contribution in [3.63, 3.8) is 0 Å². The molecule has 1 aromatic heterocycles. The first kappa shape index (κ1) is 11.5. The molecular formula is C13H21N3. The molecule has 0 radical (unpaired) electrons. The molecule has 1 N–H and O–H groups in total. The molecule has 0 amide bonds. The number of nitrogens with one attached hydrogen (secondary N) is 1. The van der Waals surface area contributed by atoms with Crippen molar-refractivity contribution in [2.45, 2.75) is 52.1 Å². The van der Waals surface area contributed by atoms with Gasteiger partial charge in [-0.05, 0) is 39.5 Å². The Morgan fingerprint density at radius 2 is 1.94 bits per heavy atom.